The Kier molecular flexibility index (Phi) is 3.04. The molecule has 0 heterocycles. The molecular weight excluding hydrogens is 272 g/mol. The van der Waals surface area contributed by atoms with Crippen LogP contribution in [-0.4, -0.2) is 24.3 Å². The van der Waals surface area contributed by atoms with Gasteiger partial charge in [-0.1, -0.05) is 34.1 Å². The van der Waals surface area contributed by atoms with Crippen molar-refractivity contribution in [1.82, 2.24) is 0 Å². The third-order valence-corrected chi connectivity index (χ3v) is 3.84. The van der Waals surface area contributed by atoms with Gasteiger partial charge in [-0.05, 0) is 24.5 Å². The van der Waals surface area contributed by atoms with Gasteiger partial charge in [-0.3, -0.25) is 0 Å². The average Bonchev–Trinajstić information content (AvgIpc) is 3.09. The van der Waals surface area contributed by atoms with E-state index in [1.807, 2.05) is 24.3 Å². The molecule has 1 N–H and O–H groups in total. The lowest BCUT2D eigenvalue weighted by molar-refractivity contribution is -0.152. The van der Waals surface area contributed by atoms with Crippen molar-refractivity contribution in [2.75, 3.05) is 7.11 Å². The Morgan fingerprint density at radius 2 is 2.12 bits per heavy atom. The summed E-state index contributed by atoms with van der Waals surface area (Å²) in [5.74, 6) is -0.562. The Bertz CT molecular complexity index is 412. The molecule has 1 aliphatic rings. The molecule has 2 rings (SSSR count). The quantitative estimate of drug-likeness (QED) is 0.864. The molecule has 1 aromatic rings. The summed E-state index contributed by atoms with van der Waals surface area (Å²) in [5, 5.41) is 9.99. The van der Waals surface area contributed by atoms with E-state index >= 15 is 0 Å². The summed E-state index contributed by atoms with van der Waals surface area (Å²) in [5.41, 5.74) is 0.528. The lowest BCUT2D eigenvalue weighted by Gasteiger charge is -2.21. The van der Waals surface area contributed by atoms with Gasteiger partial charge in [0.2, 0.25) is 0 Å². The molecular formula is C12H13BrO3. The van der Waals surface area contributed by atoms with Gasteiger partial charge in [0.05, 0.1) is 7.11 Å². The smallest absolute Gasteiger partial charge is 0.335 e. The van der Waals surface area contributed by atoms with Crippen molar-refractivity contribution in [3.63, 3.8) is 0 Å². The summed E-state index contributed by atoms with van der Waals surface area (Å²) in [6.45, 7) is 0. The number of halogens is 1. The van der Waals surface area contributed by atoms with Gasteiger partial charge >= 0.3 is 5.97 Å². The van der Waals surface area contributed by atoms with E-state index in [0.29, 0.717) is 0 Å². The topological polar surface area (TPSA) is 46.5 Å². The average molecular weight is 285 g/mol. The van der Waals surface area contributed by atoms with Gasteiger partial charge in [0.15, 0.2) is 6.10 Å². The Labute approximate surface area is 103 Å². The second kappa shape index (κ2) is 4.18. The molecule has 86 valence electrons. The maximum atomic E-state index is 11.4. The van der Waals surface area contributed by atoms with Crippen LogP contribution in [0, 0.1) is 0 Å². The number of aliphatic hydroxyl groups is 1. The van der Waals surface area contributed by atoms with E-state index in [4.69, 9.17) is 0 Å². The summed E-state index contributed by atoms with van der Waals surface area (Å²) in [6.07, 6.45) is 0.550. The van der Waals surface area contributed by atoms with Gasteiger partial charge in [-0.25, -0.2) is 4.79 Å². The van der Waals surface area contributed by atoms with Crippen LogP contribution in [0.25, 0.3) is 0 Å². The minimum atomic E-state index is -1.07. The van der Waals surface area contributed by atoms with Crippen molar-refractivity contribution in [1.29, 1.82) is 0 Å². The molecule has 0 spiro atoms. The summed E-state index contributed by atoms with van der Waals surface area (Å²) >= 11 is 3.45. The molecule has 1 saturated carbocycles. The lowest BCUT2D eigenvalue weighted by atomic mass is 9.90. The Hall–Kier alpha value is -0.870. The monoisotopic (exact) mass is 284 g/mol. The highest BCUT2D eigenvalue weighted by molar-refractivity contribution is 9.10. The van der Waals surface area contributed by atoms with Crippen LogP contribution < -0.4 is 0 Å². The first-order valence-electron chi connectivity index (χ1n) is 5.13. The van der Waals surface area contributed by atoms with Gasteiger partial charge in [0.1, 0.15) is 0 Å². The molecule has 0 bridgehead atoms. The number of carbonyl (C=O) groups is 1. The van der Waals surface area contributed by atoms with E-state index < -0.39 is 17.5 Å². The third kappa shape index (κ3) is 1.76. The molecule has 0 aliphatic heterocycles. The fourth-order valence-electron chi connectivity index (χ4n) is 2.03. The normalized spacial score (nSPS) is 18.9. The van der Waals surface area contributed by atoms with Crippen molar-refractivity contribution in [3.8, 4) is 0 Å². The van der Waals surface area contributed by atoms with Gasteiger partial charge in [0, 0.05) is 9.89 Å². The highest BCUT2D eigenvalue weighted by atomic mass is 79.9. The van der Waals surface area contributed by atoms with Crippen molar-refractivity contribution in [2.45, 2.75) is 24.4 Å². The number of benzene rings is 1. The van der Waals surface area contributed by atoms with Crippen molar-refractivity contribution in [3.05, 3.63) is 34.3 Å². The Balaban J connectivity index is 2.33. The van der Waals surface area contributed by atoms with Crippen LogP contribution in [-0.2, 0) is 14.9 Å². The minimum Gasteiger partial charge on any atom is -0.467 e. The zero-order valence-corrected chi connectivity index (χ0v) is 10.5. The van der Waals surface area contributed by atoms with Gasteiger partial charge in [-0.15, -0.1) is 0 Å². The number of rotatable bonds is 3. The van der Waals surface area contributed by atoms with E-state index in [-0.39, 0.29) is 0 Å². The van der Waals surface area contributed by atoms with Crippen LogP contribution in [0.3, 0.4) is 0 Å². The number of esters is 1. The number of hydrogen-bond donors (Lipinski definition) is 1. The highest BCUT2D eigenvalue weighted by Crippen LogP contribution is 2.53. The standard InChI is InChI=1S/C12H13BrO3/c1-16-11(15)10(14)12(6-7-12)8-4-2-3-5-9(8)13/h2-5,10,14H,6-7H2,1H3. The first-order valence-corrected chi connectivity index (χ1v) is 5.92. The fourth-order valence-corrected chi connectivity index (χ4v) is 2.71. The van der Waals surface area contributed by atoms with E-state index in [9.17, 15) is 9.90 Å². The lowest BCUT2D eigenvalue weighted by Crippen LogP contribution is -2.35. The van der Waals surface area contributed by atoms with Crippen LogP contribution in [0.15, 0.2) is 28.7 Å². The van der Waals surface area contributed by atoms with Crippen LogP contribution in [0.5, 0.6) is 0 Å². The number of ether oxygens (including phenoxy) is 1. The van der Waals surface area contributed by atoms with Gasteiger partial charge < -0.3 is 9.84 Å². The second-order valence-corrected chi connectivity index (χ2v) is 4.92. The molecule has 1 unspecified atom stereocenters. The van der Waals surface area contributed by atoms with Crippen LogP contribution in [0.1, 0.15) is 18.4 Å². The van der Waals surface area contributed by atoms with E-state index in [0.717, 1.165) is 22.9 Å². The SMILES string of the molecule is COC(=O)C(O)C1(c2ccccc2Br)CC1. The summed E-state index contributed by atoms with van der Waals surface area (Å²) in [6, 6.07) is 7.67. The first kappa shape index (κ1) is 11.6. The molecule has 3 nitrogen and oxygen atoms in total. The predicted octanol–water partition coefficient (Wildman–Crippen LogP) is 2.01. The molecule has 1 fully saturated rings. The number of hydrogen-bond acceptors (Lipinski definition) is 3. The maximum absolute atomic E-state index is 11.4. The molecule has 1 aromatic carbocycles. The molecule has 1 aliphatic carbocycles. The van der Waals surface area contributed by atoms with E-state index in [1.54, 1.807) is 0 Å². The molecule has 1 atom stereocenters. The summed E-state index contributed by atoms with van der Waals surface area (Å²) < 4.78 is 5.52. The number of aliphatic hydroxyl groups excluding tert-OH is 1. The summed E-state index contributed by atoms with van der Waals surface area (Å²) in [7, 11) is 1.29. The van der Waals surface area contributed by atoms with Gasteiger partial charge in [-0.2, -0.15) is 0 Å². The Morgan fingerprint density at radius 3 is 2.62 bits per heavy atom. The van der Waals surface area contributed by atoms with Crippen LogP contribution in [0.2, 0.25) is 0 Å². The van der Waals surface area contributed by atoms with Crippen molar-refractivity contribution >= 4 is 21.9 Å². The molecule has 0 amide bonds. The molecule has 0 radical (unpaired) electrons. The predicted molar refractivity (Wildman–Crippen MR) is 63.1 cm³/mol. The van der Waals surface area contributed by atoms with Crippen molar-refractivity contribution < 1.29 is 14.6 Å². The zero-order chi connectivity index (χ0) is 11.8. The van der Waals surface area contributed by atoms with E-state index in [1.165, 1.54) is 7.11 Å². The van der Waals surface area contributed by atoms with Crippen molar-refractivity contribution in [2.24, 2.45) is 0 Å². The molecule has 16 heavy (non-hydrogen) atoms. The fraction of sp³-hybridized carbons (Fsp3) is 0.417. The number of carbonyl (C=O) groups excluding carboxylic acids is 1. The molecule has 0 saturated heterocycles. The Morgan fingerprint density at radius 1 is 1.50 bits per heavy atom. The second-order valence-electron chi connectivity index (χ2n) is 4.06. The zero-order valence-electron chi connectivity index (χ0n) is 8.94. The van der Waals surface area contributed by atoms with E-state index in [2.05, 4.69) is 20.7 Å². The highest BCUT2D eigenvalue weighted by Gasteiger charge is 2.54. The maximum Gasteiger partial charge on any atom is 0.335 e. The molecule has 0 aromatic heterocycles. The largest absolute Gasteiger partial charge is 0.467 e. The van der Waals surface area contributed by atoms with Crippen LogP contribution >= 0.6 is 15.9 Å². The minimum absolute atomic E-state index is 0.451. The first-order chi connectivity index (χ1) is 7.62. The number of methoxy groups -OCH3 is 1. The third-order valence-electron chi connectivity index (χ3n) is 3.15. The van der Waals surface area contributed by atoms with Crippen LogP contribution in [0.4, 0.5) is 0 Å². The van der Waals surface area contributed by atoms with Gasteiger partial charge in [0.25, 0.3) is 0 Å². The summed E-state index contributed by atoms with van der Waals surface area (Å²) in [4.78, 5) is 11.4. The molecule has 4 heteroatoms.